The fraction of sp³-hybridized carbons (Fsp3) is 0.214. The fourth-order valence-electron chi connectivity index (χ4n) is 1.73. The Kier molecular flexibility index (Phi) is 5.51. The van der Waals surface area contributed by atoms with Crippen molar-refractivity contribution < 1.29 is 9.59 Å². The molecular formula is C14H14BrN3O3S. The monoisotopic (exact) mass is 383 g/mol. The lowest BCUT2D eigenvalue weighted by Gasteiger charge is -2.09. The molecule has 8 heteroatoms. The lowest BCUT2D eigenvalue weighted by Crippen LogP contribution is -2.36. The number of carbonyl (C=O) groups excluding carboxylic acids is 2. The molecular weight excluding hydrogens is 370 g/mol. The number of thiazole rings is 1. The van der Waals surface area contributed by atoms with Gasteiger partial charge in [0.15, 0.2) is 0 Å². The van der Waals surface area contributed by atoms with E-state index in [2.05, 4.69) is 26.6 Å². The maximum Gasteiger partial charge on any atom is 0.307 e. The first-order valence-corrected chi connectivity index (χ1v) is 8.10. The highest BCUT2D eigenvalue weighted by Gasteiger charge is 2.10. The van der Waals surface area contributed by atoms with Crippen LogP contribution in [-0.4, -0.2) is 22.9 Å². The normalized spacial score (nSPS) is 10.3. The van der Waals surface area contributed by atoms with Crippen molar-refractivity contribution in [2.45, 2.75) is 13.5 Å². The zero-order chi connectivity index (χ0) is 16.1. The largest absolute Gasteiger partial charge is 0.345 e. The molecule has 6 nitrogen and oxygen atoms in total. The first-order valence-electron chi connectivity index (χ1n) is 6.43. The second kappa shape index (κ2) is 7.37. The summed E-state index contributed by atoms with van der Waals surface area (Å²) < 4.78 is 2.13. The van der Waals surface area contributed by atoms with Crippen molar-refractivity contribution in [3.05, 3.63) is 49.5 Å². The van der Waals surface area contributed by atoms with Gasteiger partial charge in [-0.05, 0) is 35.0 Å². The Bertz CT molecular complexity index is 754. The molecule has 0 aliphatic heterocycles. The average Bonchev–Trinajstić information content (AvgIpc) is 2.79. The third-order valence-corrected chi connectivity index (χ3v) is 4.44. The third-order valence-electron chi connectivity index (χ3n) is 2.87. The van der Waals surface area contributed by atoms with Gasteiger partial charge in [0.25, 0.3) is 0 Å². The molecule has 0 aliphatic carbocycles. The fourth-order valence-corrected chi connectivity index (χ4v) is 2.85. The van der Waals surface area contributed by atoms with Gasteiger partial charge in [0, 0.05) is 15.5 Å². The minimum absolute atomic E-state index is 0.0868. The van der Waals surface area contributed by atoms with Crippen LogP contribution in [0.4, 0.5) is 5.69 Å². The topological polar surface area (TPSA) is 80.2 Å². The highest BCUT2D eigenvalue weighted by Crippen LogP contribution is 2.20. The van der Waals surface area contributed by atoms with E-state index in [9.17, 15) is 14.4 Å². The van der Waals surface area contributed by atoms with Crippen LogP contribution < -0.4 is 15.5 Å². The summed E-state index contributed by atoms with van der Waals surface area (Å²) in [6, 6.07) is 7.19. The van der Waals surface area contributed by atoms with Gasteiger partial charge in [0.2, 0.25) is 11.8 Å². The standard InChI is InChI=1S/C14H14BrN3O3S/c1-9-8-22-14(21)18(9)7-13(20)16-6-12(19)17-11-5-3-2-4-10(11)15/h2-5,8H,6-7H2,1H3,(H,16,20)(H,17,19). The Balaban J connectivity index is 1.85. The summed E-state index contributed by atoms with van der Waals surface area (Å²) in [6.07, 6.45) is 0. The van der Waals surface area contributed by atoms with Crippen LogP contribution in [0.15, 0.2) is 38.9 Å². The predicted octanol–water partition coefficient (Wildman–Crippen LogP) is 1.74. The third kappa shape index (κ3) is 4.28. The van der Waals surface area contributed by atoms with Gasteiger partial charge in [-0.3, -0.25) is 19.0 Å². The minimum Gasteiger partial charge on any atom is -0.345 e. The molecule has 0 bridgehead atoms. The van der Waals surface area contributed by atoms with E-state index in [0.717, 1.165) is 21.5 Å². The Labute approximate surface area is 139 Å². The van der Waals surface area contributed by atoms with E-state index in [1.807, 2.05) is 6.07 Å². The molecule has 2 amide bonds. The van der Waals surface area contributed by atoms with E-state index in [-0.39, 0.29) is 29.8 Å². The smallest absolute Gasteiger partial charge is 0.307 e. The van der Waals surface area contributed by atoms with Gasteiger partial charge in [0.1, 0.15) is 6.54 Å². The van der Waals surface area contributed by atoms with Crippen LogP contribution in [0.1, 0.15) is 5.69 Å². The summed E-state index contributed by atoms with van der Waals surface area (Å²) in [6.45, 7) is 1.51. The van der Waals surface area contributed by atoms with Crippen LogP contribution in [0.2, 0.25) is 0 Å². The van der Waals surface area contributed by atoms with E-state index in [4.69, 9.17) is 0 Å². The molecule has 2 rings (SSSR count). The molecule has 1 heterocycles. The van der Waals surface area contributed by atoms with Crippen LogP contribution in [0, 0.1) is 6.92 Å². The van der Waals surface area contributed by atoms with Gasteiger partial charge < -0.3 is 10.6 Å². The number of para-hydroxylation sites is 1. The first kappa shape index (κ1) is 16.4. The lowest BCUT2D eigenvalue weighted by atomic mass is 10.3. The molecule has 0 aliphatic rings. The maximum atomic E-state index is 11.8. The van der Waals surface area contributed by atoms with Crippen molar-refractivity contribution in [3.63, 3.8) is 0 Å². The minimum atomic E-state index is -0.383. The zero-order valence-electron chi connectivity index (χ0n) is 11.8. The van der Waals surface area contributed by atoms with E-state index in [0.29, 0.717) is 5.69 Å². The van der Waals surface area contributed by atoms with E-state index >= 15 is 0 Å². The highest BCUT2D eigenvalue weighted by molar-refractivity contribution is 9.10. The molecule has 0 saturated heterocycles. The Morgan fingerprint density at radius 3 is 2.64 bits per heavy atom. The number of benzene rings is 1. The van der Waals surface area contributed by atoms with Gasteiger partial charge in [-0.25, -0.2) is 0 Å². The number of rotatable bonds is 5. The Morgan fingerprint density at radius 2 is 2.00 bits per heavy atom. The van der Waals surface area contributed by atoms with Crippen molar-refractivity contribution in [3.8, 4) is 0 Å². The first-order chi connectivity index (χ1) is 10.5. The molecule has 0 atom stereocenters. The number of anilines is 1. The van der Waals surface area contributed by atoms with Crippen molar-refractivity contribution in [2.75, 3.05) is 11.9 Å². The van der Waals surface area contributed by atoms with E-state index in [1.54, 1.807) is 30.5 Å². The van der Waals surface area contributed by atoms with Gasteiger partial charge in [0.05, 0.1) is 12.2 Å². The average molecular weight is 384 g/mol. The number of nitrogens with zero attached hydrogens (tertiary/aromatic N) is 1. The van der Waals surface area contributed by atoms with Crippen molar-refractivity contribution in [1.82, 2.24) is 9.88 Å². The number of aromatic nitrogens is 1. The van der Waals surface area contributed by atoms with Crippen LogP contribution in [0.3, 0.4) is 0 Å². The number of nitrogens with one attached hydrogen (secondary N) is 2. The number of hydrogen-bond donors (Lipinski definition) is 2. The van der Waals surface area contributed by atoms with Crippen LogP contribution >= 0.6 is 27.3 Å². The quantitative estimate of drug-likeness (QED) is 0.824. The molecule has 2 N–H and O–H groups in total. The van der Waals surface area contributed by atoms with Gasteiger partial charge in [-0.15, -0.1) is 0 Å². The summed E-state index contributed by atoms with van der Waals surface area (Å²) in [5.74, 6) is -0.722. The summed E-state index contributed by atoms with van der Waals surface area (Å²) in [4.78, 5) is 34.9. The van der Waals surface area contributed by atoms with E-state index < -0.39 is 0 Å². The van der Waals surface area contributed by atoms with Crippen LogP contribution in [-0.2, 0) is 16.1 Å². The molecule has 0 saturated carbocycles. The molecule has 0 spiro atoms. The van der Waals surface area contributed by atoms with E-state index in [1.165, 1.54) is 4.57 Å². The molecule has 0 fully saturated rings. The van der Waals surface area contributed by atoms with Gasteiger partial charge in [-0.1, -0.05) is 23.5 Å². The molecule has 116 valence electrons. The zero-order valence-corrected chi connectivity index (χ0v) is 14.2. The van der Waals surface area contributed by atoms with Gasteiger partial charge in [-0.2, -0.15) is 0 Å². The summed E-state index contributed by atoms with van der Waals surface area (Å²) in [5.41, 5.74) is 1.36. The van der Waals surface area contributed by atoms with Gasteiger partial charge >= 0.3 is 4.87 Å². The molecule has 0 radical (unpaired) electrons. The SMILES string of the molecule is Cc1csc(=O)n1CC(=O)NCC(=O)Nc1ccccc1Br. The van der Waals surface area contributed by atoms with Crippen molar-refractivity contribution >= 4 is 44.8 Å². The summed E-state index contributed by atoms with van der Waals surface area (Å²) in [5, 5.41) is 6.86. The lowest BCUT2D eigenvalue weighted by molar-refractivity contribution is -0.124. The number of hydrogen-bond acceptors (Lipinski definition) is 4. The summed E-state index contributed by atoms with van der Waals surface area (Å²) >= 11 is 4.37. The van der Waals surface area contributed by atoms with Crippen molar-refractivity contribution in [1.29, 1.82) is 0 Å². The Morgan fingerprint density at radius 1 is 1.27 bits per heavy atom. The molecule has 1 aromatic carbocycles. The van der Waals surface area contributed by atoms with Crippen LogP contribution in [0.25, 0.3) is 0 Å². The van der Waals surface area contributed by atoms with Crippen molar-refractivity contribution in [2.24, 2.45) is 0 Å². The molecule has 1 aromatic heterocycles. The van der Waals surface area contributed by atoms with Crippen LogP contribution in [0.5, 0.6) is 0 Å². The molecule has 0 unspecified atom stereocenters. The highest BCUT2D eigenvalue weighted by atomic mass is 79.9. The Hall–Kier alpha value is -1.93. The molecule has 2 aromatic rings. The summed E-state index contributed by atoms with van der Waals surface area (Å²) in [7, 11) is 0. The predicted molar refractivity (Wildman–Crippen MR) is 89.1 cm³/mol. The number of halogens is 1. The number of aryl methyl sites for hydroxylation is 1. The second-order valence-corrected chi connectivity index (χ2v) is 6.21. The molecule has 22 heavy (non-hydrogen) atoms. The maximum absolute atomic E-state index is 11.8. The second-order valence-electron chi connectivity index (χ2n) is 4.53. The number of carbonyl (C=O) groups is 2. The number of amides is 2.